The Morgan fingerprint density at radius 2 is 1.79 bits per heavy atom. The number of aliphatic hydroxyl groups excluding tert-OH is 1. The Morgan fingerprint density at radius 1 is 1.21 bits per heavy atom. The molecular formula is C13H18F3NO2. The highest BCUT2D eigenvalue weighted by Gasteiger charge is 2.68. The van der Waals surface area contributed by atoms with Gasteiger partial charge in [0, 0.05) is 12.5 Å². The zero-order chi connectivity index (χ0) is 13.8. The molecule has 0 radical (unpaired) electrons. The standard InChI is InChI=1S/C13H18F3NO2/c14-13(15,16)6-17(3-4-18)12(19)11-9-7-1-2-8(5-7)10(9)11/h7-11,18H,1-6H2. The number of fused-ring (bicyclic) bond motifs is 5. The molecule has 0 aromatic heterocycles. The highest BCUT2D eigenvalue weighted by molar-refractivity contribution is 5.83. The average molecular weight is 277 g/mol. The normalized spacial score (nSPS) is 39.3. The molecule has 4 unspecified atom stereocenters. The van der Waals surface area contributed by atoms with E-state index in [1.54, 1.807) is 0 Å². The van der Waals surface area contributed by atoms with Crippen LogP contribution in [-0.2, 0) is 4.79 Å². The number of halogens is 3. The first-order valence-electron chi connectivity index (χ1n) is 6.89. The van der Waals surface area contributed by atoms with Crippen molar-refractivity contribution >= 4 is 5.91 Å². The number of aliphatic hydroxyl groups is 1. The molecule has 0 aromatic carbocycles. The van der Waals surface area contributed by atoms with Crippen molar-refractivity contribution in [3.05, 3.63) is 0 Å². The average Bonchev–Trinajstić information content (AvgIpc) is 2.74. The molecule has 3 rings (SSSR count). The van der Waals surface area contributed by atoms with Gasteiger partial charge in [0.1, 0.15) is 6.54 Å². The lowest BCUT2D eigenvalue weighted by Crippen LogP contribution is -2.42. The number of rotatable bonds is 4. The molecule has 19 heavy (non-hydrogen) atoms. The minimum absolute atomic E-state index is 0.194. The van der Waals surface area contributed by atoms with Crippen molar-refractivity contribution in [3.8, 4) is 0 Å². The molecule has 3 saturated carbocycles. The number of hydrogen-bond acceptors (Lipinski definition) is 2. The van der Waals surface area contributed by atoms with Crippen LogP contribution in [0.15, 0.2) is 0 Å². The maximum Gasteiger partial charge on any atom is 0.406 e. The van der Waals surface area contributed by atoms with Gasteiger partial charge in [0.25, 0.3) is 0 Å². The summed E-state index contributed by atoms with van der Waals surface area (Å²) in [7, 11) is 0. The van der Waals surface area contributed by atoms with Gasteiger partial charge in [0.2, 0.25) is 5.91 Å². The number of alkyl halides is 3. The second-order valence-electron chi connectivity index (χ2n) is 6.11. The molecule has 3 aliphatic rings. The molecule has 2 bridgehead atoms. The molecule has 1 amide bonds. The molecule has 3 aliphatic carbocycles. The first-order valence-corrected chi connectivity index (χ1v) is 6.89. The number of amides is 1. The van der Waals surface area contributed by atoms with Gasteiger partial charge in [-0.15, -0.1) is 0 Å². The Labute approximate surface area is 109 Å². The summed E-state index contributed by atoms with van der Waals surface area (Å²) in [6, 6.07) is 0. The zero-order valence-corrected chi connectivity index (χ0v) is 10.6. The van der Waals surface area contributed by atoms with E-state index in [1.807, 2.05) is 0 Å². The predicted molar refractivity (Wildman–Crippen MR) is 61.0 cm³/mol. The van der Waals surface area contributed by atoms with Crippen LogP contribution in [0.2, 0.25) is 0 Å². The zero-order valence-electron chi connectivity index (χ0n) is 10.6. The van der Waals surface area contributed by atoms with Crippen molar-refractivity contribution in [2.75, 3.05) is 19.7 Å². The number of hydrogen-bond donors (Lipinski definition) is 1. The van der Waals surface area contributed by atoms with E-state index in [4.69, 9.17) is 5.11 Å². The lowest BCUT2D eigenvalue weighted by atomic mass is 10.0. The van der Waals surface area contributed by atoms with Crippen molar-refractivity contribution in [2.24, 2.45) is 29.6 Å². The lowest BCUT2D eigenvalue weighted by Gasteiger charge is -2.24. The minimum Gasteiger partial charge on any atom is -0.395 e. The van der Waals surface area contributed by atoms with E-state index in [9.17, 15) is 18.0 Å². The monoisotopic (exact) mass is 277 g/mol. The summed E-state index contributed by atoms with van der Waals surface area (Å²) in [5.41, 5.74) is 0. The molecule has 0 spiro atoms. The van der Waals surface area contributed by atoms with Crippen LogP contribution in [0.1, 0.15) is 19.3 Å². The van der Waals surface area contributed by atoms with Crippen molar-refractivity contribution in [3.63, 3.8) is 0 Å². The Hall–Kier alpha value is -0.780. The van der Waals surface area contributed by atoms with Gasteiger partial charge in [-0.25, -0.2) is 0 Å². The van der Waals surface area contributed by atoms with Crippen molar-refractivity contribution in [2.45, 2.75) is 25.4 Å². The van der Waals surface area contributed by atoms with Crippen molar-refractivity contribution in [1.29, 1.82) is 0 Å². The van der Waals surface area contributed by atoms with E-state index in [1.165, 1.54) is 6.42 Å². The van der Waals surface area contributed by atoms with Crippen LogP contribution < -0.4 is 0 Å². The van der Waals surface area contributed by atoms with Gasteiger partial charge >= 0.3 is 6.18 Å². The van der Waals surface area contributed by atoms with Crippen molar-refractivity contribution in [1.82, 2.24) is 4.90 Å². The van der Waals surface area contributed by atoms with Gasteiger partial charge in [0.15, 0.2) is 0 Å². The summed E-state index contributed by atoms with van der Waals surface area (Å²) in [5, 5.41) is 8.84. The van der Waals surface area contributed by atoms with Crippen LogP contribution in [0.3, 0.4) is 0 Å². The third-order valence-electron chi connectivity index (χ3n) is 5.07. The molecule has 0 aromatic rings. The Kier molecular flexibility index (Phi) is 3.04. The van der Waals surface area contributed by atoms with E-state index in [2.05, 4.69) is 0 Å². The third-order valence-corrected chi connectivity index (χ3v) is 5.07. The Morgan fingerprint density at radius 3 is 2.26 bits per heavy atom. The van der Waals surface area contributed by atoms with E-state index < -0.39 is 25.2 Å². The molecule has 0 heterocycles. The summed E-state index contributed by atoms with van der Waals surface area (Å²) in [5.74, 6) is 1.20. The van der Waals surface area contributed by atoms with Gasteiger partial charge in [-0.3, -0.25) is 4.79 Å². The second-order valence-corrected chi connectivity index (χ2v) is 6.11. The van der Waals surface area contributed by atoms with Crippen LogP contribution in [0.25, 0.3) is 0 Å². The molecule has 3 fully saturated rings. The maximum atomic E-state index is 12.5. The molecule has 1 N–H and O–H groups in total. The summed E-state index contributed by atoms with van der Waals surface area (Å²) < 4.78 is 37.4. The van der Waals surface area contributed by atoms with Gasteiger partial charge in [-0.1, -0.05) is 0 Å². The summed E-state index contributed by atoms with van der Waals surface area (Å²) >= 11 is 0. The number of carbonyl (C=O) groups is 1. The van der Waals surface area contributed by atoms with Crippen molar-refractivity contribution < 1.29 is 23.1 Å². The van der Waals surface area contributed by atoms with E-state index in [-0.39, 0.29) is 12.5 Å². The van der Waals surface area contributed by atoms with Gasteiger partial charge in [-0.05, 0) is 42.9 Å². The highest BCUT2D eigenvalue weighted by Crippen LogP contribution is 2.69. The van der Waals surface area contributed by atoms with E-state index in [0.717, 1.165) is 17.7 Å². The van der Waals surface area contributed by atoms with E-state index >= 15 is 0 Å². The molecule has 0 saturated heterocycles. The largest absolute Gasteiger partial charge is 0.406 e. The minimum atomic E-state index is -4.40. The molecular weight excluding hydrogens is 259 g/mol. The third kappa shape index (κ3) is 2.24. The van der Waals surface area contributed by atoms with Crippen LogP contribution >= 0.6 is 0 Å². The highest BCUT2D eigenvalue weighted by atomic mass is 19.4. The first kappa shape index (κ1) is 13.2. The molecule has 3 nitrogen and oxygen atoms in total. The summed E-state index contributed by atoms with van der Waals surface area (Å²) in [4.78, 5) is 13.0. The second kappa shape index (κ2) is 4.36. The van der Waals surface area contributed by atoms with Gasteiger partial charge in [-0.2, -0.15) is 13.2 Å². The lowest BCUT2D eigenvalue weighted by molar-refractivity contribution is -0.163. The fourth-order valence-corrected chi connectivity index (χ4v) is 4.47. The fourth-order valence-electron chi connectivity index (χ4n) is 4.47. The first-order chi connectivity index (χ1) is 8.92. The summed E-state index contributed by atoms with van der Waals surface area (Å²) in [6.07, 6.45) is -0.962. The van der Waals surface area contributed by atoms with Crippen LogP contribution in [0, 0.1) is 29.6 Å². The quantitative estimate of drug-likeness (QED) is 0.849. The molecule has 6 heteroatoms. The maximum absolute atomic E-state index is 12.5. The predicted octanol–water partition coefficient (Wildman–Crippen LogP) is 1.66. The Balaban J connectivity index is 1.65. The van der Waals surface area contributed by atoms with Gasteiger partial charge in [0.05, 0.1) is 6.61 Å². The number of nitrogens with zero attached hydrogens (tertiary/aromatic N) is 1. The van der Waals surface area contributed by atoms with E-state index in [0.29, 0.717) is 23.7 Å². The SMILES string of the molecule is O=C(C1C2C3CCC(C3)C12)N(CCO)CC(F)(F)F. The molecule has 108 valence electrons. The molecule has 0 aliphatic heterocycles. The summed E-state index contributed by atoms with van der Waals surface area (Å²) in [6.45, 7) is -1.88. The number of carbonyl (C=O) groups excluding carboxylic acids is 1. The smallest absolute Gasteiger partial charge is 0.395 e. The van der Waals surface area contributed by atoms with Gasteiger partial charge < -0.3 is 10.0 Å². The Bertz CT molecular complexity index is 369. The molecule has 4 atom stereocenters. The fraction of sp³-hybridized carbons (Fsp3) is 0.923. The van der Waals surface area contributed by atoms with Crippen LogP contribution in [-0.4, -0.2) is 41.8 Å². The topological polar surface area (TPSA) is 40.5 Å². The van der Waals surface area contributed by atoms with Crippen LogP contribution in [0.4, 0.5) is 13.2 Å². The van der Waals surface area contributed by atoms with Crippen LogP contribution in [0.5, 0.6) is 0 Å².